The summed E-state index contributed by atoms with van der Waals surface area (Å²) in [6.45, 7) is 0.716. The average molecular weight is 151 g/mol. The molecular weight excluding hydrogens is 138 g/mol. The van der Waals surface area contributed by atoms with Crippen molar-refractivity contribution in [1.29, 1.82) is 0 Å². The molecule has 0 saturated heterocycles. The van der Waals surface area contributed by atoms with Crippen LogP contribution in [-0.4, -0.2) is 13.0 Å². The third kappa shape index (κ3) is 2.85. The van der Waals surface area contributed by atoms with Crippen LogP contribution in [0.4, 0.5) is 0 Å². The molecule has 0 spiro atoms. The van der Waals surface area contributed by atoms with Gasteiger partial charge in [-0.25, -0.2) is 0 Å². The molecule has 0 aliphatic carbocycles. The Morgan fingerprint density at radius 2 is 2.09 bits per heavy atom. The van der Waals surface area contributed by atoms with Crippen LogP contribution in [0.2, 0.25) is 0 Å². The molecule has 0 saturated carbocycles. The lowest BCUT2D eigenvalue weighted by molar-refractivity contribution is -0.109. The highest BCUT2D eigenvalue weighted by Gasteiger charge is 1.88. The van der Waals surface area contributed by atoms with Crippen molar-refractivity contribution >= 4 is 6.41 Å². The van der Waals surface area contributed by atoms with Gasteiger partial charge in [-0.2, -0.15) is 0 Å². The molecule has 2 heteroatoms. The maximum absolute atomic E-state index is 9.88. The van der Waals surface area contributed by atoms with Crippen molar-refractivity contribution < 1.29 is 6.22 Å². The molecule has 0 atom stereocenters. The number of carbonyl (C=O) groups excluding carboxylic acids is 1. The maximum Gasteiger partial charge on any atom is 0.207 e. The van der Waals surface area contributed by atoms with Crippen molar-refractivity contribution in [2.24, 2.45) is 0 Å². The van der Waals surface area contributed by atoms with Crippen molar-refractivity contribution in [3.8, 4) is 0 Å². The van der Waals surface area contributed by atoms with Crippen molar-refractivity contribution in [3.63, 3.8) is 0 Å². The largest absolute Gasteiger partial charge is 0.358 e. The third-order valence-corrected chi connectivity index (χ3v) is 1.48. The van der Waals surface area contributed by atoms with Gasteiger partial charge in [0.1, 0.15) is 0 Å². The number of hydrogen-bond acceptors (Lipinski definition) is 1. The molecule has 0 aromatic heterocycles. The van der Waals surface area contributed by atoms with Gasteiger partial charge in [0.05, 0.1) is 0 Å². The van der Waals surface area contributed by atoms with Gasteiger partial charge in [-0.05, 0) is 12.0 Å². The Morgan fingerprint density at radius 3 is 2.73 bits per heavy atom. The zero-order valence-electron chi connectivity index (χ0n) is 6.29. The second kappa shape index (κ2) is 4.50. The number of benzene rings is 1. The summed E-state index contributed by atoms with van der Waals surface area (Å²) in [5.74, 6) is 0. The second-order valence-corrected chi connectivity index (χ2v) is 2.31. The van der Waals surface area contributed by atoms with Gasteiger partial charge in [-0.15, -0.1) is 0 Å². The first kappa shape index (κ1) is 7.79. The smallest absolute Gasteiger partial charge is 0.207 e. The van der Waals surface area contributed by atoms with Gasteiger partial charge in [0.25, 0.3) is 0 Å². The van der Waals surface area contributed by atoms with Crippen LogP contribution in [0.1, 0.15) is 6.99 Å². The van der Waals surface area contributed by atoms with E-state index in [9.17, 15) is 4.79 Å². The Bertz CT molecular complexity index is 213. The fourth-order valence-corrected chi connectivity index (χ4v) is 0.920. The molecule has 0 unspecified atom stereocenters. The predicted octanol–water partition coefficient (Wildman–Crippen LogP) is 1.22. The molecule has 1 aromatic rings. The molecule has 1 aromatic carbocycles. The van der Waals surface area contributed by atoms with E-state index in [1.54, 1.807) is 0 Å². The minimum atomic E-state index is 0. The van der Waals surface area contributed by atoms with Crippen molar-refractivity contribution in [3.05, 3.63) is 35.9 Å². The first-order chi connectivity index (χ1) is 5.43. The van der Waals surface area contributed by atoms with Crippen LogP contribution in [0.3, 0.4) is 0 Å². The second-order valence-electron chi connectivity index (χ2n) is 2.31. The first-order valence-electron chi connectivity index (χ1n) is 3.64. The lowest BCUT2D eigenvalue weighted by Gasteiger charge is -1.98. The Kier molecular flexibility index (Phi) is 3.19. The average Bonchev–Trinajstić information content (AvgIpc) is 2.07. The minimum absolute atomic E-state index is 0. The fraction of sp³-hybridized carbons (Fsp3) is 0.222. The number of hydrogen-bond donors (Lipinski definition) is 1. The van der Waals surface area contributed by atoms with Crippen LogP contribution in [0.5, 0.6) is 0 Å². The SMILES string of the molecule is O=CNCCc1ccccc1.[HH]. The highest BCUT2D eigenvalue weighted by molar-refractivity contribution is 5.45. The van der Waals surface area contributed by atoms with E-state index in [1.807, 2.05) is 30.3 Å². The van der Waals surface area contributed by atoms with Gasteiger partial charge < -0.3 is 5.32 Å². The van der Waals surface area contributed by atoms with E-state index in [4.69, 9.17) is 0 Å². The molecule has 0 fully saturated rings. The molecule has 0 radical (unpaired) electrons. The van der Waals surface area contributed by atoms with Gasteiger partial charge in [0, 0.05) is 7.97 Å². The van der Waals surface area contributed by atoms with Crippen LogP contribution in [0, 0.1) is 0 Å². The lowest BCUT2D eigenvalue weighted by Crippen LogP contribution is -2.14. The molecule has 0 aliphatic heterocycles. The number of rotatable bonds is 4. The summed E-state index contributed by atoms with van der Waals surface area (Å²) in [4.78, 5) is 9.88. The van der Waals surface area contributed by atoms with Gasteiger partial charge in [0.15, 0.2) is 0 Å². The molecule has 1 N–H and O–H groups in total. The summed E-state index contributed by atoms with van der Waals surface area (Å²) in [6, 6.07) is 10.1. The Labute approximate surface area is 67.7 Å². The summed E-state index contributed by atoms with van der Waals surface area (Å²) >= 11 is 0. The Balaban J connectivity index is 0.00000121. The summed E-state index contributed by atoms with van der Waals surface area (Å²) in [6.07, 6.45) is 1.63. The predicted molar refractivity (Wildman–Crippen MR) is 46.3 cm³/mol. The molecule has 0 heterocycles. The van der Waals surface area contributed by atoms with Gasteiger partial charge in [-0.3, -0.25) is 4.79 Å². The topological polar surface area (TPSA) is 29.1 Å². The van der Waals surface area contributed by atoms with E-state index in [0.29, 0.717) is 6.54 Å². The van der Waals surface area contributed by atoms with Crippen molar-refractivity contribution in [1.82, 2.24) is 5.32 Å². The van der Waals surface area contributed by atoms with Gasteiger partial charge >= 0.3 is 0 Å². The third-order valence-electron chi connectivity index (χ3n) is 1.48. The van der Waals surface area contributed by atoms with Crippen LogP contribution < -0.4 is 5.32 Å². The van der Waals surface area contributed by atoms with E-state index >= 15 is 0 Å². The van der Waals surface area contributed by atoms with Crippen LogP contribution >= 0.6 is 0 Å². The van der Waals surface area contributed by atoms with Crippen LogP contribution in [0.15, 0.2) is 30.3 Å². The van der Waals surface area contributed by atoms with E-state index in [-0.39, 0.29) is 1.43 Å². The lowest BCUT2D eigenvalue weighted by atomic mass is 10.2. The normalized spacial score (nSPS) is 9.09. The van der Waals surface area contributed by atoms with E-state index in [2.05, 4.69) is 5.32 Å². The Morgan fingerprint density at radius 1 is 1.36 bits per heavy atom. The van der Waals surface area contributed by atoms with E-state index in [1.165, 1.54) is 5.56 Å². The summed E-state index contributed by atoms with van der Waals surface area (Å²) in [5, 5.41) is 2.62. The standard InChI is InChI=1S/C9H11NO.H2/c11-8-10-7-6-9-4-2-1-3-5-9;/h1-5,8H,6-7H2,(H,10,11);1H. The zero-order valence-corrected chi connectivity index (χ0v) is 6.29. The quantitative estimate of drug-likeness (QED) is 0.509. The Hall–Kier alpha value is -1.31. The van der Waals surface area contributed by atoms with E-state index < -0.39 is 0 Å². The van der Waals surface area contributed by atoms with Crippen LogP contribution in [0.25, 0.3) is 0 Å². The van der Waals surface area contributed by atoms with E-state index in [0.717, 1.165) is 12.8 Å². The number of carbonyl (C=O) groups is 1. The molecule has 0 aliphatic rings. The highest BCUT2D eigenvalue weighted by Crippen LogP contribution is 1.97. The fourth-order valence-electron chi connectivity index (χ4n) is 0.920. The number of amides is 1. The molecular formula is C9H13NO. The molecule has 60 valence electrons. The zero-order chi connectivity index (χ0) is 7.94. The van der Waals surface area contributed by atoms with Crippen molar-refractivity contribution in [2.45, 2.75) is 6.42 Å². The van der Waals surface area contributed by atoms with Crippen molar-refractivity contribution in [2.75, 3.05) is 6.54 Å². The minimum Gasteiger partial charge on any atom is -0.358 e. The monoisotopic (exact) mass is 151 g/mol. The first-order valence-corrected chi connectivity index (χ1v) is 3.64. The summed E-state index contributed by atoms with van der Waals surface area (Å²) < 4.78 is 0. The maximum atomic E-state index is 9.88. The molecule has 11 heavy (non-hydrogen) atoms. The van der Waals surface area contributed by atoms with Crippen LogP contribution in [-0.2, 0) is 11.2 Å². The van der Waals surface area contributed by atoms with Gasteiger partial charge in [-0.1, -0.05) is 30.3 Å². The molecule has 2 nitrogen and oxygen atoms in total. The molecule has 1 rings (SSSR count). The number of nitrogens with one attached hydrogen (secondary N) is 1. The molecule has 1 amide bonds. The summed E-state index contributed by atoms with van der Waals surface area (Å²) in [5.41, 5.74) is 1.25. The van der Waals surface area contributed by atoms with Gasteiger partial charge in [0.2, 0.25) is 6.41 Å². The molecule has 0 bridgehead atoms. The highest BCUT2D eigenvalue weighted by atomic mass is 16.1. The summed E-state index contributed by atoms with van der Waals surface area (Å²) in [7, 11) is 0.